The van der Waals surface area contributed by atoms with Gasteiger partial charge in [0.15, 0.2) is 5.60 Å². The lowest BCUT2D eigenvalue weighted by Crippen LogP contribution is -2.40. The maximum absolute atomic E-state index is 13.7. The summed E-state index contributed by atoms with van der Waals surface area (Å²) < 4.78 is 18.3. The molecule has 2 aliphatic rings. The number of para-hydroxylation sites is 1. The van der Waals surface area contributed by atoms with E-state index in [0.29, 0.717) is 11.4 Å². The van der Waals surface area contributed by atoms with E-state index in [4.69, 9.17) is 19.2 Å². The highest BCUT2D eigenvalue weighted by molar-refractivity contribution is 5.96. The van der Waals surface area contributed by atoms with E-state index in [-0.39, 0.29) is 24.1 Å². The minimum atomic E-state index is -1.62. The van der Waals surface area contributed by atoms with E-state index in [9.17, 15) is 14.4 Å². The number of pyridine rings is 2. The van der Waals surface area contributed by atoms with Crippen molar-refractivity contribution in [2.24, 2.45) is 5.41 Å². The molecule has 0 amide bonds. The predicted molar refractivity (Wildman–Crippen MR) is 124 cm³/mol. The zero-order chi connectivity index (χ0) is 24.4. The molecule has 4 heterocycles. The van der Waals surface area contributed by atoms with Crippen molar-refractivity contribution in [2.45, 2.75) is 52.6 Å². The van der Waals surface area contributed by atoms with Crippen LogP contribution in [0.5, 0.6) is 0 Å². The van der Waals surface area contributed by atoms with Gasteiger partial charge >= 0.3 is 11.9 Å². The van der Waals surface area contributed by atoms with Gasteiger partial charge in [-0.2, -0.15) is 0 Å². The molecule has 176 valence electrons. The Morgan fingerprint density at radius 3 is 2.62 bits per heavy atom. The van der Waals surface area contributed by atoms with Gasteiger partial charge in [-0.25, -0.2) is 14.6 Å². The van der Waals surface area contributed by atoms with E-state index in [1.54, 1.807) is 13.0 Å². The SMILES string of the molecule is CC[C@@]1(c2cc3n(c(=O)c2C(=O)OC)Cc2cc4ccccc4nc2-3)O[C@@H](C(C)(C)C)OC1=O. The normalized spacial score (nSPS) is 21.3. The van der Waals surface area contributed by atoms with E-state index in [1.807, 2.05) is 51.1 Å². The first-order valence-electron chi connectivity index (χ1n) is 11.2. The van der Waals surface area contributed by atoms with Crippen LogP contribution < -0.4 is 5.56 Å². The average Bonchev–Trinajstić information content (AvgIpc) is 3.35. The fourth-order valence-corrected chi connectivity index (χ4v) is 4.68. The Hall–Kier alpha value is -3.52. The van der Waals surface area contributed by atoms with Crippen molar-refractivity contribution in [2.75, 3.05) is 7.11 Å². The summed E-state index contributed by atoms with van der Waals surface area (Å²) in [5.41, 5.74) is 0.0639. The maximum Gasteiger partial charge on any atom is 0.345 e. The molecule has 0 radical (unpaired) electrons. The van der Waals surface area contributed by atoms with Gasteiger partial charge in [-0.1, -0.05) is 45.9 Å². The Bertz CT molecular complexity index is 1420. The van der Waals surface area contributed by atoms with E-state index in [0.717, 1.165) is 16.5 Å². The monoisotopic (exact) mass is 462 g/mol. The summed E-state index contributed by atoms with van der Waals surface area (Å²) in [6, 6.07) is 11.3. The topological polar surface area (TPSA) is 96.7 Å². The van der Waals surface area contributed by atoms with Crippen LogP contribution >= 0.6 is 0 Å². The molecule has 3 aromatic rings. The van der Waals surface area contributed by atoms with Gasteiger partial charge in [-0.3, -0.25) is 4.79 Å². The fraction of sp³-hybridized carbons (Fsp3) is 0.385. The molecule has 2 aliphatic heterocycles. The van der Waals surface area contributed by atoms with Gasteiger partial charge in [0, 0.05) is 21.9 Å². The third-order valence-corrected chi connectivity index (χ3v) is 6.56. The lowest BCUT2D eigenvalue weighted by atomic mass is 9.87. The molecule has 1 fully saturated rings. The van der Waals surface area contributed by atoms with E-state index < -0.39 is 34.8 Å². The van der Waals surface area contributed by atoms with E-state index in [2.05, 4.69) is 0 Å². The summed E-state index contributed by atoms with van der Waals surface area (Å²) in [6.45, 7) is 7.70. The zero-order valence-electron chi connectivity index (χ0n) is 19.8. The molecule has 8 nitrogen and oxygen atoms in total. The number of hydrogen-bond acceptors (Lipinski definition) is 7. The molecule has 8 heteroatoms. The minimum Gasteiger partial charge on any atom is -0.465 e. The Balaban J connectivity index is 1.78. The number of methoxy groups -OCH3 is 1. The highest BCUT2D eigenvalue weighted by atomic mass is 16.8. The van der Waals surface area contributed by atoms with Gasteiger partial charge in [-0.05, 0) is 24.6 Å². The first-order valence-corrected chi connectivity index (χ1v) is 11.2. The zero-order valence-corrected chi connectivity index (χ0v) is 19.8. The van der Waals surface area contributed by atoms with Crippen LogP contribution in [0, 0.1) is 5.41 Å². The highest BCUT2D eigenvalue weighted by Crippen LogP contribution is 2.45. The summed E-state index contributed by atoms with van der Waals surface area (Å²) in [5.74, 6) is -1.46. The predicted octanol–water partition coefficient (Wildman–Crippen LogP) is 3.76. The van der Waals surface area contributed by atoms with Crippen LogP contribution in [0.1, 0.15) is 55.6 Å². The first-order chi connectivity index (χ1) is 16.1. The minimum absolute atomic E-state index is 0.151. The number of benzene rings is 1. The molecule has 34 heavy (non-hydrogen) atoms. The maximum atomic E-state index is 13.7. The van der Waals surface area contributed by atoms with Gasteiger partial charge in [-0.15, -0.1) is 0 Å². The van der Waals surface area contributed by atoms with Crippen molar-refractivity contribution in [3.05, 3.63) is 63.4 Å². The number of esters is 2. The lowest BCUT2D eigenvalue weighted by molar-refractivity contribution is -0.156. The fourth-order valence-electron chi connectivity index (χ4n) is 4.68. The Morgan fingerprint density at radius 2 is 1.97 bits per heavy atom. The summed E-state index contributed by atoms with van der Waals surface area (Å²) in [4.78, 5) is 44.6. The summed E-state index contributed by atoms with van der Waals surface area (Å²) in [6.07, 6.45) is -0.667. The molecule has 0 unspecified atom stereocenters. The van der Waals surface area contributed by atoms with Crippen LogP contribution in [-0.4, -0.2) is 34.9 Å². The van der Waals surface area contributed by atoms with Crippen molar-refractivity contribution in [3.8, 4) is 11.4 Å². The largest absolute Gasteiger partial charge is 0.465 e. The number of fused-ring (bicyclic) bond motifs is 4. The quantitative estimate of drug-likeness (QED) is 0.428. The Kier molecular flexibility index (Phi) is 4.91. The second-order valence-electron chi connectivity index (χ2n) is 9.79. The lowest BCUT2D eigenvalue weighted by Gasteiger charge is -2.29. The number of nitrogens with zero attached hydrogens (tertiary/aromatic N) is 2. The van der Waals surface area contributed by atoms with Crippen LogP contribution in [0.3, 0.4) is 0 Å². The second kappa shape index (κ2) is 7.50. The third kappa shape index (κ3) is 3.09. The highest BCUT2D eigenvalue weighted by Gasteiger charge is 2.56. The van der Waals surface area contributed by atoms with Crippen LogP contribution in [-0.2, 0) is 31.2 Å². The van der Waals surface area contributed by atoms with E-state index >= 15 is 0 Å². The van der Waals surface area contributed by atoms with Crippen LogP contribution in [0.25, 0.3) is 22.3 Å². The molecule has 2 aromatic heterocycles. The molecule has 2 atom stereocenters. The third-order valence-electron chi connectivity index (χ3n) is 6.56. The standard InChI is InChI=1S/C26H26N2O6/c1-6-26(23(31)33-24(34-26)25(2,3)4)16-12-18-20-15(11-14-9-7-8-10-17(14)27-20)13-28(18)21(29)19(16)22(30)32-5/h7-12,24H,6,13H2,1-5H3/t24-,26-/m0/s1. The molecule has 1 saturated heterocycles. The van der Waals surface area contributed by atoms with Crippen LogP contribution in [0.15, 0.2) is 41.2 Å². The number of aromatic nitrogens is 2. The molecule has 0 saturated carbocycles. The van der Waals surface area contributed by atoms with Crippen LogP contribution in [0.2, 0.25) is 0 Å². The number of hydrogen-bond donors (Lipinski definition) is 0. The van der Waals surface area contributed by atoms with Gasteiger partial charge < -0.3 is 18.8 Å². The van der Waals surface area contributed by atoms with Crippen LogP contribution in [0.4, 0.5) is 0 Å². The molecular weight excluding hydrogens is 436 g/mol. The van der Waals surface area contributed by atoms with Crippen molar-refractivity contribution in [1.29, 1.82) is 0 Å². The number of rotatable bonds is 3. The van der Waals surface area contributed by atoms with Crippen molar-refractivity contribution < 1.29 is 23.8 Å². The smallest absolute Gasteiger partial charge is 0.345 e. The van der Waals surface area contributed by atoms with Crippen molar-refractivity contribution >= 4 is 22.8 Å². The molecule has 0 aliphatic carbocycles. The van der Waals surface area contributed by atoms with Gasteiger partial charge in [0.1, 0.15) is 5.56 Å². The van der Waals surface area contributed by atoms with Crippen molar-refractivity contribution in [1.82, 2.24) is 9.55 Å². The number of carbonyl (C=O) groups excluding carboxylic acids is 2. The average molecular weight is 463 g/mol. The summed E-state index contributed by atoms with van der Waals surface area (Å²) >= 11 is 0. The van der Waals surface area contributed by atoms with Gasteiger partial charge in [0.05, 0.1) is 30.6 Å². The first kappa shape index (κ1) is 22.3. The molecule has 0 N–H and O–H groups in total. The molecular formula is C26H26N2O6. The molecule has 0 bridgehead atoms. The second-order valence-corrected chi connectivity index (χ2v) is 9.79. The molecule has 5 rings (SSSR count). The number of cyclic esters (lactones) is 1. The summed E-state index contributed by atoms with van der Waals surface area (Å²) in [5, 5.41) is 0.955. The Labute approximate surface area is 196 Å². The van der Waals surface area contributed by atoms with Gasteiger partial charge in [0.2, 0.25) is 6.29 Å². The molecule has 1 aromatic carbocycles. The Morgan fingerprint density at radius 1 is 1.24 bits per heavy atom. The molecule has 0 spiro atoms. The number of ether oxygens (including phenoxy) is 3. The summed E-state index contributed by atoms with van der Waals surface area (Å²) in [7, 11) is 1.21. The van der Waals surface area contributed by atoms with Crippen molar-refractivity contribution in [3.63, 3.8) is 0 Å². The van der Waals surface area contributed by atoms with Gasteiger partial charge in [0.25, 0.3) is 5.56 Å². The number of carbonyl (C=O) groups is 2. The van der Waals surface area contributed by atoms with E-state index in [1.165, 1.54) is 11.7 Å².